The molecular weight excluding hydrogens is 638 g/mol. The number of thioether (sulfide) groups is 1. The van der Waals surface area contributed by atoms with E-state index < -0.39 is 72.8 Å². The molecular formula is C30H37N5O11S. The van der Waals surface area contributed by atoms with E-state index in [1.54, 1.807) is 4.90 Å². The standard InChI is InChI=1S/C30H37N5O11S/c1-13-21(31)24(38)20-16(11-44-28(32)41)30(43-2)25-17(10-34(30)22(20)23(13)37)35(25)29(42)46-12-45-27(40)15-6-4-14(5-7-15)9-33-19(36)8-18(47-3)26(33)39/h14-18,25H,4-12,31H2,1-3H3,(H2,32,41)/t14?,15?,16-,17+,18?,25+,30-,35?/m1/s1. The SMILES string of the molecule is CO[C@@]12[C@H](COC(N)=O)C3=C(C(=O)C(C)=C(N)C3=O)N1C[C@H]1[C@@H]2N1C(=O)OCOC(=O)C1CCC(CN2C(=O)CC(SC)C2=O)CC1. The van der Waals surface area contributed by atoms with Crippen LogP contribution >= 0.6 is 11.8 Å². The number of carbonyl (C=O) groups excluding carboxylic acids is 7. The summed E-state index contributed by atoms with van der Waals surface area (Å²) in [6.45, 7) is 0.907. The molecule has 0 bridgehead atoms. The average Bonchev–Trinajstić information content (AvgIpc) is 3.44. The second-order valence-corrected chi connectivity index (χ2v) is 13.6. The van der Waals surface area contributed by atoms with Crippen molar-refractivity contribution in [1.29, 1.82) is 0 Å². The fourth-order valence-electron chi connectivity index (χ4n) is 7.92. The second kappa shape index (κ2) is 12.2. The first-order valence-electron chi connectivity index (χ1n) is 15.4. The number of fused-ring (bicyclic) bond motifs is 4. The van der Waals surface area contributed by atoms with Crippen LogP contribution in [0.2, 0.25) is 0 Å². The van der Waals surface area contributed by atoms with Crippen LogP contribution < -0.4 is 11.5 Å². The zero-order chi connectivity index (χ0) is 33.9. The minimum atomic E-state index is -1.45. The Morgan fingerprint density at radius 2 is 1.72 bits per heavy atom. The largest absolute Gasteiger partial charge is 0.449 e. The highest BCUT2D eigenvalue weighted by Gasteiger charge is 2.78. The van der Waals surface area contributed by atoms with Crippen molar-refractivity contribution in [3.05, 3.63) is 22.5 Å². The van der Waals surface area contributed by atoms with Crippen LogP contribution in [0.1, 0.15) is 39.0 Å². The highest BCUT2D eigenvalue weighted by atomic mass is 32.2. The van der Waals surface area contributed by atoms with Crippen molar-refractivity contribution >= 4 is 53.3 Å². The maximum atomic E-state index is 13.3. The second-order valence-electron chi connectivity index (χ2n) is 12.6. The summed E-state index contributed by atoms with van der Waals surface area (Å²) in [5.41, 5.74) is 9.72. The van der Waals surface area contributed by atoms with Crippen LogP contribution in [0.4, 0.5) is 9.59 Å². The molecule has 1 unspecified atom stereocenters. The van der Waals surface area contributed by atoms with E-state index in [2.05, 4.69) is 0 Å². The van der Waals surface area contributed by atoms with Crippen LogP contribution in [-0.4, -0.2) is 119 Å². The van der Waals surface area contributed by atoms with Gasteiger partial charge in [-0.1, -0.05) is 0 Å². The summed E-state index contributed by atoms with van der Waals surface area (Å²) >= 11 is 1.37. The molecule has 2 aliphatic carbocycles. The Morgan fingerprint density at radius 3 is 2.34 bits per heavy atom. The Labute approximate surface area is 274 Å². The number of imide groups is 1. The Morgan fingerprint density at radius 1 is 1.02 bits per heavy atom. The van der Waals surface area contributed by atoms with Crippen LogP contribution in [-0.2, 0) is 42.9 Å². The van der Waals surface area contributed by atoms with Crippen LogP contribution in [0, 0.1) is 17.8 Å². The van der Waals surface area contributed by atoms with Gasteiger partial charge in [-0.2, -0.15) is 11.8 Å². The number of amides is 4. The lowest BCUT2D eigenvalue weighted by atomic mass is 9.82. The van der Waals surface area contributed by atoms with Crippen molar-refractivity contribution in [2.45, 2.75) is 62.1 Å². The van der Waals surface area contributed by atoms with Gasteiger partial charge in [0.05, 0.1) is 34.5 Å². The Bertz CT molecular complexity index is 1520. The van der Waals surface area contributed by atoms with Crippen molar-refractivity contribution < 1.29 is 52.5 Å². The maximum absolute atomic E-state index is 13.3. The Balaban J connectivity index is 1.03. The summed E-state index contributed by atoms with van der Waals surface area (Å²) in [5.74, 6) is -3.15. The van der Waals surface area contributed by atoms with Crippen molar-refractivity contribution in [2.24, 2.45) is 29.2 Å². The predicted octanol–water partition coefficient (Wildman–Crippen LogP) is -0.00460. The van der Waals surface area contributed by atoms with Crippen LogP contribution in [0.3, 0.4) is 0 Å². The first-order chi connectivity index (χ1) is 22.4. The number of hydrogen-bond donors (Lipinski definition) is 2. The molecule has 0 aromatic heterocycles. The number of hydrogen-bond acceptors (Lipinski definition) is 14. The highest BCUT2D eigenvalue weighted by molar-refractivity contribution is 8.00. The molecule has 0 aromatic carbocycles. The fraction of sp³-hybridized carbons (Fsp3) is 0.633. The fourth-order valence-corrected chi connectivity index (χ4v) is 8.56. The molecule has 4 aliphatic heterocycles. The summed E-state index contributed by atoms with van der Waals surface area (Å²) in [6, 6.07) is -1.16. The van der Waals surface area contributed by atoms with Crippen molar-refractivity contribution in [3.8, 4) is 0 Å². The molecule has 0 radical (unpaired) electrons. The van der Waals surface area contributed by atoms with Crippen LogP contribution in [0.25, 0.3) is 0 Å². The van der Waals surface area contributed by atoms with Gasteiger partial charge in [0.25, 0.3) is 0 Å². The number of nitrogens with two attached hydrogens (primary N) is 2. The Hall–Kier alpha value is -4.12. The molecule has 17 heteroatoms. The van der Waals surface area contributed by atoms with Gasteiger partial charge in [-0.05, 0) is 44.8 Å². The van der Waals surface area contributed by atoms with E-state index in [9.17, 15) is 33.6 Å². The number of piperazine rings is 1. The smallest absolute Gasteiger partial charge is 0.413 e. The first-order valence-corrected chi connectivity index (χ1v) is 16.7. The molecule has 254 valence electrons. The number of ketones is 2. The van der Waals surface area contributed by atoms with Gasteiger partial charge in [-0.25, -0.2) is 9.59 Å². The minimum Gasteiger partial charge on any atom is -0.449 e. The average molecular weight is 676 g/mol. The van der Waals surface area contributed by atoms with E-state index in [-0.39, 0.29) is 58.5 Å². The topological polar surface area (TPSA) is 218 Å². The van der Waals surface area contributed by atoms with Crippen molar-refractivity contribution in [3.63, 3.8) is 0 Å². The molecule has 4 heterocycles. The number of methoxy groups -OCH3 is 1. The molecule has 4 fully saturated rings. The molecule has 3 saturated heterocycles. The number of allylic oxidation sites excluding steroid dienone is 2. The van der Waals surface area contributed by atoms with E-state index in [1.165, 1.54) is 35.6 Å². The summed E-state index contributed by atoms with van der Waals surface area (Å²) in [6.07, 6.45) is 2.49. The summed E-state index contributed by atoms with van der Waals surface area (Å²) < 4.78 is 21.6. The van der Waals surface area contributed by atoms with Crippen LogP contribution in [0.15, 0.2) is 22.5 Å². The van der Waals surface area contributed by atoms with Gasteiger partial charge in [-0.3, -0.25) is 33.8 Å². The van der Waals surface area contributed by atoms with Gasteiger partial charge >= 0.3 is 18.2 Å². The van der Waals surface area contributed by atoms with Gasteiger partial charge in [-0.15, -0.1) is 0 Å². The number of primary amides is 1. The van der Waals surface area contributed by atoms with Crippen LogP contribution in [0.5, 0.6) is 0 Å². The molecule has 1 saturated carbocycles. The normalized spacial score (nSPS) is 32.9. The van der Waals surface area contributed by atoms with Gasteiger partial charge in [0.2, 0.25) is 30.2 Å². The number of carbonyl (C=O) groups is 7. The third-order valence-electron chi connectivity index (χ3n) is 10.4. The lowest BCUT2D eigenvalue weighted by Crippen LogP contribution is -2.56. The van der Waals surface area contributed by atoms with E-state index in [0.717, 1.165) is 0 Å². The molecule has 0 spiro atoms. The number of ether oxygens (including phenoxy) is 4. The molecule has 5 atom stereocenters. The number of Topliss-reactive ketones (excluding diaryl/α,β-unsaturated/α-hetero) is 2. The first kappa shape index (κ1) is 32.8. The lowest BCUT2D eigenvalue weighted by molar-refractivity contribution is -0.160. The monoisotopic (exact) mass is 675 g/mol. The van der Waals surface area contributed by atoms with Gasteiger partial charge < -0.3 is 35.3 Å². The molecule has 6 aliphatic rings. The summed E-state index contributed by atoms with van der Waals surface area (Å²) in [5, 5.41) is -0.325. The Kier molecular flexibility index (Phi) is 8.48. The number of nitrogens with zero attached hydrogens (tertiary/aromatic N) is 3. The zero-order valence-electron chi connectivity index (χ0n) is 26.2. The van der Waals surface area contributed by atoms with Gasteiger partial charge in [0.1, 0.15) is 12.6 Å². The minimum absolute atomic E-state index is 0.0336. The summed E-state index contributed by atoms with van der Waals surface area (Å²) in [4.78, 5) is 93.1. The molecule has 6 rings (SSSR count). The van der Waals surface area contributed by atoms with E-state index in [1.807, 2.05) is 6.26 Å². The third kappa shape index (κ3) is 5.14. The zero-order valence-corrected chi connectivity index (χ0v) is 27.0. The van der Waals surface area contributed by atoms with Gasteiger partial charge in [0.15, 0.2) is 5.72 Å². The molecule has 47 heavy (non-hydrogen) atoms. The molecule has 16 nitrogen and oxygen atoms in total. The molecule has 0 aromatic rings. The number of rotatable bonds is 9. The van der Waals surface area contributed by atoms with E-state index in [4.69, 9.17) is 30.4 Å². The summed E-state index contributed by atoms with van der Waals surface area (Å²) in [7, 11) is 1.36. The third-order valence-corrected chi connectivity index (χ3v) is 11.3. The van der Waals surface area contributed by atoms with Crippen molar-refractivity contribution in [2.75, 3.05) is 39.9 Å². The predicted molar refractivity (Wildman–Crippen MR) is 160 cm³/mol. The highest BCUT2D eigenvalue weighted by Crippen LogP contribution is 2.59. The molecule has 4 N–H and O–H groups in total. The lowest BCUT2D eigenvalue weighted by Gasteiger charge is -2.40. The number of esters is 1. The molecule has 4 amide bonds. The van der Waals surface area contributed by atoms with Gasteiger partial charge in [0, 0.05) is 37.8 Å². The van der Waals surface area contributed by atoms with E-state index in [0.29, 0.717) is 32.2 Å². The maximum Gasteiger partial charge on any atom is 0.413 e. The quantitative estimate of drug-likeness (QED) is 0.108. The van der Waals surface area contributed by atoms with Crippen molar-refractivity contribution in [1.82, 2.24) is 14.7 Å². The van der Waals surface area contributed by atoms with E-state index >= 15 is 0 Å². The number of likely N-dealkylation sites (tertiary alicyclic amines) is 1.